The molecule has 0 heterocycles. The molecule has 1 N–H and O–H groups in total. The minimum atomic E-state index is -0.636. The van der Waals surface area contributed by atoms with Gasteiger partial charge in [-0.15, -0.1) is 0 Å². The highest BCUT2D eigenvalue weighted by Gasteiger charge is 2.24. The van der Waals surface area contributed by atoms with E-state index < -0.39 is 12.1 Å². The average Bonchev–Trinajstić information content (AvgIpc) is 2.34. The molecular formula is C15H29NO4. The zero-order valence-corrected chi connectivity index (χ0v) is 13.4. The number of esters is 1. The molecule has 0 unspecified atom stereocenters. The van der Waals surface area contributed by atoms with Crippen molar-refractivity contribution in [2.45, 2.75) is 59.9 Å². The maximum absolute atomic E-state index is 12.0. The first kappa shape index (κ1) is 18.7. The topological polar surface area (TPSA) is 64.6 Å². The molecule has 5 nitrogen and oxygen atoms in total. The predicted molar refractivity (Wildman–Crippen MR) is 78.4 cm³/mol. The highest BCUT2D eigenvalue weighted by Crippen LogP contribution is 2.08. The summed E-state index contributed by atoms with van der Waals surface area (Å²) >= 11 is 0. The molecule has 0 saturated heterocycles. The van der Waals surface area contributed by atoms with Crippen LogP contribution in [-0.4, -0.2) is 31.3 Å². The van der Waals surface area contributed by atoms with Gasteiger partial charge < -0.3 is 14.8 Å². The van der Waals surface area contributed by atoms with E-state index >= 15 is 0 Å². The van der Waals surface area contributed by atoms with Gasteiger partial charge in [0.15, 0.2) is 0 Å². The molecule has 0 fully saturated rings. The highest BCUT2D eigenvalue weighted by molar-refractivity contribution is 5.81. The van der Waals surface area contributed by atoms with Gasteiger partial charge in [-0.3, -0.25) is 0 Å². The van der Waals surface area contributed by atoms with Gasteiger partial charge >= 0.3 is 12.1 Å². The van der Waals surface area contributed by atoms with Crippen molar-refractivity contribution in [1.82, 2.24) is 5.32 Å². The molecule has 0 saturated carbocycles. The maximum Gasteiger partial charge on any atom is 0.407 e. The molecule has 0 rings (SSSR count). The predicted octanol–water partition coefficient (Wildman–Crippen LogP) is 3.13. The van der Waals surface area contributed by atoms with Gasteiger partial charge in [-0.2, -0.15) is 0 Å². The van der Waals surface area contributed by atoms with E-state index in [-0.39, 0.29) is 17.8 Å². The van der Waals surface area contributed by atoms with Crippen LogP contribution in [-0.2, 0) is 14.3 Å². The van der Waals surface area contributed by atoms with Crippen LogP contribution in [0.15, 0.2) is 0 Å². The number of ether oxygens (including phenoxy) is 2. The fraction of sp³-hybridized carbons (Fsp3) is 0.867. The lowest BCUT2D eigenvalue weighted by Gasteiger charge is -2.19. The zero-order chi connectivity index (χ0) is 15.5. The minimum absolute atomic E-state index is 0.273. The van der Waals surface area contributed by atoms with Crippen molar-refractivity contribution in [2.24, 2.45) is 11.8 Å². The number of hydrogen-bond donors (Lipinski definition) is 1. The van der Waals surface area contributed by atoms with E-state index in [1.54, 1.807) is 0 Å². The lowest BCUT2D eigenvalue weighted by molar-refractivity contribution is -0.147. The Kier molecular flexibility index (Phi) is 9.86. The Morgan fingerprint density at radius 2 is 1.70 bits per heavy atom. The van der Waals surface area contributed by atoms with Gasteiger partial charge in [0.25, 0.3) is 0 Å². The van der Waals surface area contributed by atoms with E-state index in [1.165, 1.54) is 0 Å². The lowest BCUT2D eigenvalue weighted by atomic mass is 10.0. The Balaban J connectivity index is 4.32. The fourth-order valence-electron chi connectivity index (χ4n) is 1.53. The summed E-state index contributed by atoms with van der Waals surface area (Å²) in [6.45, 7) is 10.7. The second kappa shape index (κ2) is 10.5. The summed E-state index contributed by atoms with van der Waals surface area (Å²) in [5.74, 6) is 0.164. The Hall–Kier alpha value is -1.26. The van der Waals surface area contributed by atoms with Crippen LogP contribution >= 0.6 is 0 Å². The molecule has 0 spiro atoms. The molecule has 118 valence electrons. The molecule has 1 amide bonds. The standard InChI is InChI=1S/C15H29NO4/c1-6-7-8-19-15(18)16-13(9-11(2)3)14(17)20-10-12(4)5/h11-13H,6-10H2,1-5H3,(H,16,18)/t13-/m0/s1. The van der Waals surface area contributed by atoms with E-state index in [2.05, 4.69) is 5.32 Å². The number of carbonyl (C=O) groups is 2. The largest absolute Gasteiger partial charge is 0.464 e. The zero-order valence-electron chi connectivity index (χ0n) is 13.4. The van der Waals surface area contributed by atoms with Crippen molar-refractivity contribution < 1.29 is 19.1 Å². The smallest absolute Gasteiger partial charge is 0.407 e. The van der Waals surface area contributed by atoms with Crippen LogP contribution in [0.25, 0.3) is 0 Å². The minimum Gasteiger partial charge on any atom is -0.464 e. The fourth-order valence-corrected chi connectivity index (χ4v) is 1.53. The van der Waals surface area contributed by atoms with Gasteiger partial charge in [-0.05, 0) is 24.7 Å². The number of rotatable bonds is 9. The van der Waals surface area contributed by atoms with Gasteiger partial charge in [0.05, 0.1) is 13.2 Å². The second-order valence-electron chi connectivity index (χ2n) is 5.84. The second-order valence-corrected chi connectivity index (χ2v) is 5.84. The van der Waals surface area contributed by atoms with Gasteiger partial charge in [0.1, 0.15) is 6.04 Å². The van der Waals surface area contributed by atoms with Crippen molar-refractivity contribution in [3.8, 4) is 0 Å². The summed E-state index contributed by atoms with van der Waals surface area (Å²) in [5.41, 5.74) is 0. The normalized spacial score (nSPS) is 12.3. The van der Waals surface area contributed by atoms with Gasteiger partial charge in [0, 0.05) is 0 Å². The molecule has 5 heteroatoms. The number of hydrogen-bond acceptors (Lipinski definition) is 4. The molecule has 20 heavy (non-hydrogen) atoms. The Morgan fingerprint density at radius 3 is 2.20 bits per heavy atom. The SMILES string of the molecule is CCCCOC(=O)N[C@@H](CC(C)C)C(=O)OCC(C)C. The first-order valence-corrected chi connectivity index (χ1v) is 7.46. The molecule has 0 bridgehead atoms. The van der Waals surface area contributed by atoms with Crippen LogP contribution in [0.4, 0.5) is 4.79 Å². The van der Waals surface area contributed by atoms with Gasteiger partial charge in [-0.25, -0.2) is 9.59 Å². The monoisotopic (exact) mass is 287 g/mol. The molecule has 1 atom stereocenters. The number of nitrogens with one attached hydrogen (secondary N) is 1. The van der Waals surface area contributed by atoms with Crippen molar-refractivity contribution in [3.05, 3.63) is 0 Å². The molecule has 0 radical (unpaired) electrons. The van der Waals surface area contributed by atoms with Crippen LogP contribution in [0, 0.1) is 11.8 Å². The van der Waals surface area contributed by atoms with Gasteiger partial charge in [0.2, 0.25) is 0 Å². The third kappa shape index (κ3) is 9.64. The van der Waals surface area contributed by atoms with Crippen LogP contribution in [0.3, 0.4) is 0 Å². The number of carbonyl (C=O) groups excluding carboxylic acids is 2. The average molecular weight is 287 g/mol. The molecule has 0 aliphatic heterocycles. The van der Waals surface area contributed by atoms with Gasteiger partial charge in [-0.1, -0.05) is 41.0 Å². The summed E-state index contributed by atoms with van der Waals surface area (Å²) in [6, 6.07) is -0.636. The van der Waals surface area contributed by atoms with E-state index in [1.807, 2.05) is 34.6 Å². The van der Waals surface area contributed by atoms with E-state index in [4.69, 9.17) is 9.47 Å². The highest BCUT2D eigenvalue weighted by atomic mass is 16.6. The molecule has 0 aromatic rings. The number of amides is 1. The summed E-state index contributed by atoms with van der Waals surface area (Å²) in [7, 11) is 0. The van der Waals surface area contributed by atoms with E-state index in [0.29, 0.717) is 19.6 Å². The van der Waals surface area contributed by atoms with Crippen molar-refractivity contribution >= 4 is 12.1 Å². The molecule has 0 aromatic carbocycles. The maximum atomic E-state index is 12.0. The van der Waals surface area contributed by atoms with Crippen LogP contribution < -0.4 is 5.32 Å². The molecule has 0 aliphatic rings. The van der Waals surface area contributed by atoms with E-state index in [9.17, 15) is 9.59 Å². The van der Waals surface area contributed by atoms with Crippen molar-refractivity contribution in [3.63, 3.8) is 0 Å². The lowest BCUT2D eigenvalue weighted by Crippen LogP contribution is -2.43. The molecule has 0 aromatic heterocycles. The quantitative estimate of drug-likeness (QED) is 0.522. The summed E-state index contributed by atoms with van der Waals surface area (Å²) in [5, 5.41) is 2.60. The molecular weight excluding hydrogens is 258 g/mol. The first-order chi connectivity index (χ1) is 9.36. The van der Waals surface area contributed by atoms with Crippen molar-refractivity contribution in [1.29, 1.82) is 0 Å². The summed E-state index contributed by atoms with van der Waals surface area (Å²) < 4.78 is 10.2. The summed E-state index contributed by atoms with van der Waals surface area (Å²) in [4.78, 5) is 23.6. The third-order valence-corrected chi connectivity index (χ3v) is 2.57. The van der Waals surface area contributed by atoms with Crippen LogP contribution in [0.2, 0.25) is 0 Å². The van der Waals surface area contributed by atoms with E-state index in [0.717, 1.165) is 12.8 Å². The van der Waals surface area contributed by atoms with Crippen LogP contribution in [0.1, 0.15) is 53.9 Å². The Labute approximate surface area is 122 Å². The Bertz CT molecular complexity index is 290. The van der Waals surface area contributed by atoms with Crippen molar-refractivity contribution in [2.75, 3.05) is 13.2 Å². The number of unbranched alkanes of at least 4 members (excludes halogenated alkanes) is 1. The Morgan fingerprint density at radius 1 is 1.05 bits per heavy atom. The molecule has 0 aliphatic carbocycles. The first-order valence-electron chi connectivity index (χ1n) is 7.46. The van der Waals surface area contributed by atoms with Crippen LogP contribution in [0.5, 0.6) is 0 Å². The summed E-state index contributed by atoms with van der Waals surface area (Å²) in [6.07, 6.45) is 1.77. The number of alkyl carbamates (subject to hydrolysis) is 1. The third-order valence-electron chi connectivity index (χ3n) is 2.57.